The van der Waals surface area contributed by atoms with E-state index in [0.29, 0.717) is 28.3 Å². The molecule has 25 heavy (non-hydrogen) atoms. The van der Waals surface area contributed by atoms with Crippen molar-refractivity contribution in [1.82, 2.24) is 9.38 Å². The lowest BCUT2D eigenvalue weighted by Crippen LogP contribution is -2.15. The number of benzene rings is 1. The number of rotatable bonds is 3. The second kappa shape index (κ2) is 5.54. The van der Waals surface area contributed by atoms with E-state index in [2.05, 4.69) is 10.3 Å². The topological polar surface area (TPSA) is 72.4 Å². The van der Waals surface area contributed by atoms with E-state index in [4.69, 9.17) is 5.73 Å². The van der Waals surface area contributed by atoms with Gasteiger partial charge >= 0.3 is 0 Å². The van der Waals surface area contributed by atoms with Crippen LogP contribution >= 0.6 is 0 Å². The molecule has 2 heterocycles. The zero-order chi connectivity index (χ0) is 17.7. The first-order chi connectivity index (χ1) is 11.9. The van der Waals surface area contributed by atoms with Gasteiger partial charge in [0.1, 0.15) is 17.6 Å². The minimum absolute atomic E-state index is 0.267. The van der Waals surface area contributed by atoms with Crippen molar-refractivity contribution < 1.29 is 13.6 Å². The number of aromatic nitrogens is 2. The molecule has 1 saturated carbocycles. The van der Waals surface area contributed by atoms with Crippen molar-refractivity contribution in [3.05, 3.63) is 48.0 Å². The molecule has 2 aromatic heterocycles. The van der Waals surface area contributed by atoms with Gasteiger partial charge in [0.15, 0.2) is 5.82 Å². The van der Waals surface area contributed by atoms with Gasteiger partial charge in [0.2, 0.25) is 5.91 Å². The number of fused-ring (bicyclic) bond motifs is 1. The van der Waals surface area contributed by atoms with Gasteiger partial charge in [-0.3, -0.25) is 4.79 Å². The molecule has 2 atom stereocenters. The van der Waals surface area contributed by atoms with Crippen molar-refractivity contribution in [2.75, 3.05) is 11.1 Å². The summed E-state index contributed by atoms with van der Waals surface area (Å²) < 4.78 is 28.6. The quantitative estimate of drug-likeness (QED) is 0.717. The first-order valence-corrected chi connectivity index (χ1v) is 7.92. The number of anilines is 2. The van der Waals surface area contributed by atoms with Crippen molar-refractivity contribution >= 4 is 23.1 Å². The SMILES string of the molecule is Cc1c(F)cc(N)cc1-c1ccc2nc(NC(=O)C3CC3F)cn2c1. The van der Waals surface area contributed by atoms with Gasteiger partial charge in [0, 0.05) is 11.9 Å². The monoisotopic (exact) mass is 342 g/mol. The average Bonchev–Trinajstić information content (AvgIpc) is 3.16. The Balaban J connectivity index is 1.68. The van der Waals surface area contributed by atoms with Crippen molar-refractivity contribution in [3.63, 3.8) is 0 Å². The fraction of sp³-hybridized carbons (Fsp3) is 0.222. The molecule has 1 amide bonds. The van der Waals surface area contributed by atoms with Crippen molar-refractivity contribution in [1.29, 1.82) is 0 Å². The standard InChI is InChI=1S/C18H16F2N4O/c1-9-12(4-11(21)5-14(9)19)10-2-3-17-22-16(8-24(17)7-10)23-18(25)13-6-15(13)20/h2-5,7-8,13,15H,6,21H2,1H3,(H,23,25). The fourth-order valence-corrected chi connectivity index (χ4v) is 2.87. The van der Waals surface area contributed by atoms with Crippen molar-refractivity contribution in [3.8, 4) is 11.1 Å². The number of hydrogen-bond donors (Lipinski definition) is 2. The molecule has 0 aliphatic heterocycles. The molecular weight excluding hydrogens is 326 g/mol. The Morgan fingerprint density at radius 2 is 2.12 bits per heavy atom. The van der Waals surface area contributed by atoms with Gasteiger partial charge in [0.25, 0.3) is 0 Å². The number of nitrogens with zero attached hydrogens (tertiary/aromatic N) is 2. The molecule has 1 aliphatic rings. The number of nitrogen functional groups attached to an aromatic ring is 1. The molecule has 1 aliphatic carbocycles. The van der Waals surface area contributed by atoms with E-state index in [9.17, 15) is 13.6 Å². The smallest absolute Gasteiger partial charge is 0.231 e. The summed E-state index contributed by atoms with van der Waals surface area (Å²) in [5.41, 5.74) is 8.69. The van der Waals surface area contributed by atoms with Gasteiger partial charge in [-0.2, -0.15) is 0 Å². The molecule has 0 bridgehead atoms. The van der Waals surface area contributed by atoms with Crippen LogP contribution in [0.3, 0.4) is 0 Å². The summed E-state index contributed by atoms with van der Waals surface area (Å²) in [5, 5.41) is 2.62. The molecule has 4 rings (SSSR count). The van der Waals surface area contributed by atoms with Crippen LogP contribution in [0, 0.1) is 18.7 Å². The van der Waals surface area contributed by atoms with E-state index in [-0.39, 0.29) is 18.1 Å². The predicted molar refractivity (Wildman–Crippen MR) is 91.4 cm³/mol. The number of carbonyl (C=O) groups is 1. The van der Waals surface area contributed by atoms with Crippen LogP contribution in [-0.2, 0) is 4.79 Å². The van der Waals surface area contributed by atoms with Crippen LogP contribution in [0.5, 0.6) is 0 Å². The minimum Gasteiger partial charge on any atom is -0.399 e. The number of nitrogens with two attached hydrogens (primary N) is 1. The van der Waals surface area contributed by atoms with Crippen LogP contribution in [0.25, 0.3) is 16.8 Å². The molecule has 1 fully saturated rings. The lowest BCUT2D eigenvalue weighted by atomic mass is 10.0. The highest BCUT2D eigenvalue weighted by Crippen LogP contribution is 2.34. The van der Waals surface area contributed by atoms with Gasteiger partial charge in [-0.25, -0.2) is 13.8 Å². The highest BCUT2D eigenvalue weighted by atomic mass is 19.1. The maximum Gasteiger partial charge on any atom is 0.231 e. The Bertz CT molecular complexity index is 998. The fourth-order valence-electron chi connectivity index (χ4n) is 2.87. The van der Waals surface area contributed by atoms with E-state index in [0.717, 1.165) is 5.56 Å². The Kier molecular flexibility index (Phi) is 3.45. The Labute approximate surface area is 142 Å². The molecule has 128 valence electrons. The van der Waals surface area contributed by atoms with Gasteiger partial charge < -0.3 is 15.5 Å². The predicted octanol–water partition coefficient (Wildman–Crippen LogP) is 3.33. The maximum absolute atomic E-state index is 13.9. The minimum atomic E-state index is -1.05. The molecule has 5 nitrogen and oxygen atoms in total. The van der Waals surface area contributed by atoms with Gasteiger partial charge in [-0.15, -0.1) is 0 Å². The summed E-state index contributed by atoms with van der Waals surface area (Å²) in [6.07, 6.45) is 2.65. The number of pyridine rings is 1. The number of hydrogen-bond acceptors (Lipinski definition) is 3. The third-order valence-corrected chi connectivity index (χ3v) is 4.43. The number of alkyl halides is 1. The number of carbonyl (C=O) groups excluding carboxylic acids is 1. The van der Waals surface area contributed by atoms with Crippen molar-refractivity contribution in [2.24, 2.45) is 5.92 Å². The van der Waals surface area contributed by atoms with E-state index in [1.807, 2.05) is 6.07 Å². The summed E-state index contributed by atoms with van der Waals surface area (Å²) in [6, 6.07) is 6.58. The van der Waals surface area contributed by atoms with E-state index < -0.39 is 12.1 Å². The summed E-state index contributed by atoms with van der Waals surface area (Å²) >= 11 is 0. The molecule has 2 unspecified atom stereocenters. The summed E-state index contributed by atoms with van der Waals surface area (Å²) in [7, 11) is 0. The second-order valence-electron chi connectivity index (χ2n) is 6.33. The maximum atomic E-state index is 13.9. The Hall–Kier alpha value is -2.96. The molecule has 0 radical (unpaired) electrons. The van der Waals surface area contributed by atoms with Gasteiger partial charge in [-0.1, -0.05) is 0 Å². The normalized spacial score (nSPS) is 19.2. The lowest BCUT2D eigenvalue weighted by molar-refractivity contribution is -0.117. The molecule has 7 heteroatoms. The zero-order valence-corrected chi connectivity index (χ0v) is 13.5. The first kappa shape index (κ1) is 15.6. The number of nitrogens with one attached hydrogen (secondary N) is 1. The van der Waals surface area contributed by atoms with E-state index in [1.54, 1.807) is 35.9 Å². The molecule has 0 spiro atoms. The summed E-state index contributed by atoms with van der Waals surface area (Å²) in [6.45, 7) is 1.69. The average molecular weight is 342 g/mol. The van der Waals surface area contributed by atoms with Crippen LogP contribution in [0.4, 0.5) is 20.3 Å². The number of halogens is 2. The summed E-state index contributed by atoms with van der Waals surface area (Å²) in [5.74, 6) is -0.932. The van der Waals surface area contributed by atoms with Crippen molar-refractivity contribution in [2.45, 2.75) is 19.5 Å². The lowest BCUT2D eigenvalue weighted by Gasteiger charge is -2.09. The first-order valence-electron chi connectivity index (χ1n) is 7.92. The van der Waals surface area contributed by atoms with Crippen LogP contribution in [-0.4, -0.2) is 21.5 Å². The zero-order valence-electron chi connectivity index (χ0n) is 13.5. The Morgan fingerprint density at radius 1 is 1.36 bits per heavy atom. The Morgan fingerprint density at radius 3 is 2.84 bits per heavy atom. The molecule has 1 aromatic carbocycles. The van der Waals surface area contributed by atoms with Crippen LogP contribution in [0.1, 0.15) is 12.0 Å². The number of amides is 1. The van der Waals surface area contributed by atoms with Crippen LogP contribution < -0.4 is 11.1 Å². The number of imidazole rings is 1. The largest absolute Gasteiger partial charge is 0.399 e. The second-order valence-corrected chi connectivity index (χ2v) is 6.33. The molecular formula is C18H16F2N4O. The van der Waals surface area contributed by atoms with Crippen LogP contribution in [0.2, 0.25) is 0 Å². The molecule has 0 saturated heterocycles. The van der Waals surface area contributed by atoms with E-state index in [1.165, 1.54) is 6.07 Å². The third kappa shape index (κ3) is 2.82. The highest BCUT2D eigenvalue weighted by molar-refractivity contribution is 5.94. The van der Waals surface area contributed by atoms with Gasteiger partial charge in [-0.05, 0) is 54.3 Å². The van der Waals surface area contributed by atoms with Crippen LogP contribution in [0.15, 0.2) is 36.7 Å². The molecule has 3 aromatic rings. The summed E-state index contributed by atoms with van der Waals surface area (Å²) in [4.78, 5) is 16.1. The molecule has 3 N–H and O–H groups in total. The van der Waals surface area contributed by atoms with Gasteiger partial charge in [0.05, 0.1) is 12.1 Å². The third-order valence-electron chi connectivity index (χ3n) is 4.43. The van der Waals surface area contributed by atoms with E-state index >= 15 is 0 Å². The highest BCUT2D eigenvalue weighted by Gasteiger charge is 2.43.